The SMILES string of the molecule is CCCCCCCNC(=O)C1CCCN1C(=O)/C(C)=C/[C@H](C(C)C)N(C)C(=O)C(NC(=O)C1CCCCN1C(C)C)C(C)(C)C. The van der Waals surface area contributed by atoms with Crippen molar-refractivity contribution >= 4 is 23.6 Å². The number of carbonyl (C=O) groups is 4. The van der Waals surface area contributed by atoms with Crippen LogP contribution in [0.5, 0.6) is 0 Å². The Morgan fingerprint density at radius 2 is 1.53 bits per heavy atom. The van der Waals surface area contributed by atoms with Gasteiger partial charge in [0.05, 0.1) is 12.1 Å². The van der Waals surface area contributed by atoms with E-state index in [1.165, 1.54) is 19.3 Å². The molecule has 2 N–H and O–H groups in total. The van der Waals surface area contributed by atoms with Gasteiger partial charge in [-0.05, 0) is 70.8 Å². The van der Waals surface area contributed by atoms with Crippen molar-refractivity contribution in [3.05, 3.63) is 11.6 Å². The summed E-state index contributed by atoms with van der Waals surface area (Å²) in [6, 6.07) is -1.53. The first kappa shape index (κ1) is 38.8. The Hall–Kier alpha value is -2.42. The van der Waals surface area contributed by atoms with E-state index >= 15 is 0 Å². The van der Waals surface area contributed by atoms with Crippen LogP contribution in [0, 0.1) is 11.3 Å². The van der Waals surface area contributed by atoms with Crippen LogP contribution in [0.4, 0.5) is 0 Å². The molecule has 0 radical (unpaired) electrons. The second-order valence-electron chi connectivity index (χ2n) is 15.0. The molecule has 258 valence electrons. The van der Waals surface area contributed by atoms with Crippen LogP contribution in [0.1, 0.15) is 127 Å². The first-order valence-electron chi connectivity index (χ1n) is 17.7. The van der Waals surface area contributed by atoms with E-state index in [0.29, 0.717) is 25.1 Å². The van der Waals surface area contributed by atoms with Crippen LogP contribution < -0.4 is 10.6 Å². The molecule has 0 spiro atoms. The number of likely N-dealkylation sites (N-methyl/N-ethyl adjacent to an activating group) is 1. The van der Waals surface area contributed by atoms with Gasteiger partial charge in [0, 0.05) is 31.8 Å². The van der Waals surface area contributed by atoms with E-state index in [0.717, 1.165) is 45.1 Å². The summed E-state index contributed by atoms with van der Waals surface area (Å²) in [6.07, 6.45) is 11.8. The summed E-state index contributed by atoms with van der Waals surface area (Å²) >= 11 is 0. The van der Waals surface area contributed by atoms with Gasteiger partial charge < -0.3 is 20.4 Å². The Labute approximate surface area is 274 Å². The zero-order chi connectivity index (χ0) is 33.9. The van der Waals surface area contributed by atoms with Crippen LogP contribution in [0.2, 0.25) is 0 Å². The highest BCUT2D eigenvalue weighted by Crippen LogP contribution is 2.27. The van der Waals surface area contributed by atoms with E-state index in [2.05, 4.69) is 36.3 Å². The zero-order valence-electron chi connectivity index (χ0n) is 30.2. The minimum absolute atomic E-state index is 0.0261. The van der Waals surface area contributed by atoms with Crippen LogP contribution in [-0.2, 0) is 19.2 Å². The van der Waals surface area contributed by atoms with E-state index in [1.807, 2.05) is 40.7 Å². The molecule has 9 heteroatoms. The van der Waals surface area contributed by atoms with Gasteiger partial charge in [-0.25, -0.2) is 0 Å². The molecular formula is C36H65N5O4. The Morgan fingerprint density at radius 1 is 0.889 bits per heavy atom. The standard InChI is InChI=1S/C36H65N5O4/c1-11-12-13-14-16-21-37-32(42)28-20-18-23-41(28)34(44)27(6)24-30(25(2)3)39(10)35(45)31(36(7,8)9)38-33(43)29-19-15-17-22-40(29)26(4)5/h24-26,28-31H,11-23H2,1-10H3,(H,37,42)(H,38,43)/b27-24+/t28?,29?,30-,31?/m1/s1. The van der Waals surface area contributed by atoms with Crippen LogP contribution >= 0.6 is 0 Å². The number of likely N-dealkylation sites (tertiary alicyclic amines) is 2. The third-order valence-corrected chi connectivity index (χ3v) is 9.54. The highest BCUT2D eigenvalue weighted by molar-refractivity contribution is 5.97. The van der Waals surface area contributed by atoms with Crippen molar-refractivity contribution in [1.29, 1.82) is 0 Å². The molecule has 0 bridgehead atoms. The molecular weight excluding hydrogens is 566 g/mol. The molecule has 2 saturated heterocycles. The number of hydrogen-bond donors (Lipinski definition) is 2. The topological polar surface area (TPSA) is 102 Å². The van der Waals surface area contributed by atoms with Crippen molar-refractivity contribution in [2.75, 3.05) is 26.7 Å². The summed E-state index contributed by atoms with van der Waals surface area (Å²) in [7, 11) is 1.76. The van der Waals surface area contributed by atoms with Gasteiger partial charge in [0.15, 0.2) is 0 Å². The fraction of sp³-hybridized carbons (Fsp3) is 0.833. The van der Waals surface area contributed by atoms with E-state index in [-0.39, 0.29) is 47.7 Å². The van der Waals surface area contributed by atoms with Crippen molar-refractivity contribution in [3.8, 4) is 0 Å². The minimum Gasteiger partial charge on any atom is -0.354 e. The molecule has 0 aromatic carbocycles. The maximum absolute atomic E-state index is 14.1. The molecule has 0 saturated carbocycles. The first-order chi connectivity index (χ1) is 21.1. The summed E-state index contributed by atoms with van der Waals surface area (Å²) in [6.45, 7) is 20.3. The quantitative estimate of drug-likeness (QED) is 0.189. The summed E-state index contributed by atoms with van der Waals surface area (Å²) in [5, 5.41) is 6.19. The summed E-state index contributed by atoms with van der Waals surface area (Å²) in [5.74, 6) is -0.468. The lowest BCUT2D eigenvalue weighted by molar-refractivity contribution is -0.142. The van der Waals surface area contributed by atoms with Crippen LogP contribution in [0.3, 0.4) is 0 Å². The first-order valence-corrected chi connectivity index (χ1v) is 17.7. The van der Waals surface area contributed by atoms with Crippen LogP contribution in [0.25, 0.3) is 0 Å². The fourth-order valence-corrected chi connectivity index (χ4v) is 6.74. The van der Waals surface area contributed by atoms with E-state index in [9.17, 15) is 19.2 Å². The second-order valence-corrected chi connectivity index (χ2v) is 15.0. The number of rotatable bonds is 15. The number of piperidine rings is 1. The molecule has 4 amide bonds. The van der Waals surface area contributed by atoms with Gasteiger partial charge in [0.25, 0.3) is 0 Å². The Balaban J connectivity index is 2.16. The molecule has 0 aliphatic carbocycles. The molecule has 3 unspecified atom stereocenters. The Morgan fingerprint density at radius 3 is 2.13 bits per heavy atom. The molecule has 2 heterocycles. The third-order valence-electron chi connectivity index (χ3n) is 9.54. The highest BCUT2D eigenvalue weighted by Gasteiger charge is 2.40. The molecule has 2 aliphatic heterocycles. The van der Waals surface area contributed by atoms with Crippen molar-refractivity contribution < 1.29 is 19.2 Å². The van der Waals surface area contributed by atoms with Crippen molar-refractivity contribution in [2.45, 2.75) is 157 Å². The van der Waals surface area contributed by atoms with Gasteiger partial charge in [-0.1, -0.05) is 79.7 Å². The lowest BCUT2D eigenvalue weighted by Gasteiger charge is -2.41. The third kappa shape index (κ3) is 11.1. The lowest BCUT2D eigenvalue weighted by Crippen LogP contribution is -2.60. The van der Waals surface area contributed by atoms with Gasteiger partial charge in [-0.2, -0.15) is 0 Å². The fourth-order valence-electron chi connectivity index (χ4n) is 6.74. The predicted molar refractivity (Wildman–Crippen MR) is 183 cm³/mol. The minimum atomic E-state index is -0.717. The molecule has 2 aliphatic rings. The maximum Gasteiger partial charge on any atom is 0.249 e. The average Bonchev–Trinajstić information content (AvgIpc) is 3.48. The number of unbranched alkanes of at least 4 members (excludes halogenated alkanes) is 4. The van der Waals surface area contributed by atoms with E-state index < -0.39 is 17.5 Å². The van der Waals surface area contributed by atoms with E-state index in [1.54, 1.807) is 23.8 Å². The second kappa shape index (κ2) is 18.1. The molecule has 0 aromatic rings. The largest absolute Gasteiger partial charge is 0.354 e. The Bertz CT molecular complexity index is 1020. The average molecular weight is 632 g/mol. The van der Waals surface area contributed by atoms with Crippen LogP contribution in [-0.4, -0.2) is 95.2 Å². The number of nitrogens with one attached hydrogen (secondary N) is 2. The molecule has 4 atom stereocenters. The summed E-state index contributed by atoms with van der Waals surface area (Å²) in [4.78, 5) is 60.0. The molecule has 9 nitrogen and oxygen atoms in total. The number of carbonyl (C=O) groups excluding carboxylic acids is 4. The highest BCUT2D eigenvalue weighted by atomic mass is 16.2. The summed E-state index contributed by atoms with van der Waals surface area (Å²) in [5.41, 5.74) is 0.0133. The molecule has 0 aromatic heterocycles. The van der Waals surface area contributed by atoms with Crippen molar-refractivity contribution in [3.63, 3.8) is 0 Å². The molecule has 2 rings (SSSR count). The smallest absolute Gasteiger partial charge is 0.249 e. The Kier molecular flexibility index (Phi) is 15.6. The molecule has 2 fully saturated rings. The van der Waals surface area contributed by atoms with E-state index in [4.69, 9.17) is 0 Å². The molecule has 45 heavy (non-hydrogen) atoms. The van der Waals surface area contributed by atoms with Gasteiger partial charge in [0.2, 0.25) is 23.6 Å². The zero-order valence-corrected chi connectivity index (χ0v) is 30.2. The maximum atomic E-state index is 14.1. The van der Waals surface area contributed by atoms with Gasteiger partial charge in [-0.15, -0.1) is 0 Å². The van der Waals surface area contributed by atoms with Crippen molar-refractivity contribution in [2.24, 2.45) is 11.3 Å². The lowest BCUT2D eigenvalue weighted by atomic mass is 9.84. The summed E-state index contributed by atoms with van der Waals surface area (Å²) < 4.78 is 0. The van der Waals surface area contributed by atoms with Gasteiger partial charge in [-0.3, -0.25) is 24.1 Å². The predicted octanol–water partition coefficient (Wildman–Crippen LogP) is 5.29. The van der Waals surface area contributed by atoms with Gasteiger partial charge >= 0.3 is 0 Å². The number of hydrogen-bond acceptors (Lipinski definition) is 5. The number of nitrogens with zero attached hydrogens (tertiary/aromatic N) is 3. The number of amides is 4. The van der Waals surface area contributed by atoms with Crippen LogP contribution in [0.15, 0.2) is 11.6 Å². The normalized spacial score (nSPS) is 21.2. The van der Waals surface area contributed by atoms with Gasteiger partial charge in [0.1, 0.15) is 12.1 Å². The van der Waals surface area contributed by atoms with Crippen molar-refractivity contribution in [1.82, 2.24) is 25.3 Å². The monoisotopic (exact) mass is 632 g/mol.